The van der Waals surface area contributed by atoms with E-state index >= 15 is 0 Å². The van der Waals surface area contributed by atoms with Gasteiger partial charge >= 0.3 is 0 Å². The van der Waals surface area contributed by atoms with E-state index in [0.29, 0.717) is 5.69 Å². The van der Waals surface area contributed by atoms with E-state index in [0.717, 1.165) is 37.7 Å². The number of nitrogens with zero attached hydrogens (tertiary/aromatic N) is 1. The van der Waals surface area contributed by atoms with Crippen molar-refractivity contribution in [2.24, 2.45) is 0 Å². The molecule has 3 nitrogen and oxygen atoms in total. The molecule has 21 heavy (non-hydrogen) atoms. The molecule has 2 aromatic carbocycles. The van der Waals surface area contributed by atoms with Crippen LogP contribution in [0.15, 0.2) is 54.6 Å². The lowest BCUT2D eigenvalue weighted by atomic mass is 9.86. The van der Waals surface area contributed by atoms with Crippen LogP contribution in [0.1, 0.15) is 31.2 Å². The van der Waals surface area contributed by atoms with Crippen molar-refractivity contribution in [3.63, 3.8) is 0 Å². The third kappa shape index (κ3) is 2.29. The van der Waals surface area contributed by atoms with E-state index < -0.39 is 0 Å². The Morgan fingerprint density at radius 1 is 0.952 bits per heavy atom. The molecule has 1 fully saturated rings. The predicted octanol–water partition coefficient (Wildman–Crippen LogP) is 3.82. The molecule has 0 heterocycles. The lowest BCUT2D eigenvalue weighted by molar-refractivity contribution is -0.108. The van der Waals surface area contributed by atoms with Gasteiger partial charge in [0.2, 0.25) is 6.41 Å². The smallest absolute Gasteiger partial charge is 0.215 e. The molecular formula is C18H19NO2. The van der Waals surface area contributed by atoms with Crippen molar-refractivity contribution in [2.45, 2.75) is 31.2 Å². The van der Waals surface area contributed by atoms with Gasteiger partial charge in [0.05, 0.1) is 11.2 Å². The van der Waals surface area contributed by atoms with Crippen LogP contribution in [-0.2, 0) is 10.3 Å². The average Bonchev–Trinajstić information content (AvgIpc) is 3.01. The maximum absolute atomic E-state index is 11.8. The summed E-state index contributed by atoms with van der Waals surface area (Å²) in [6.45, 7) is 0. The van der Waals surface area contributed by atoms with Gasteiger partial charge in [0.25, 0.3) is 0 Å². The summed E-state index contributed by atoms with van der Waals surface area (Å²) in [5.74, 6) is 0.145. The second kappa shape index (κ2) is 5.60. The molecule has 0 unspecified atom stereocenters. The number of rotatable bonds is 4. The van der Waals surface area contributed by atoms with Gasteiger partial charge in [0.1, 0.15) is 5.75 Å². The highest BCUT2D eigenvalue weighted by molar-refractivity contribution is 5.81. The topological polar surface area (TPSA) is 40.5 Å². The molecule has 0 aromatic heterocycles. The first kappa shape index (κ1) is 13.7. The lowest BCUT2D eigenvalue weighted by Crippen LogP contribution is -2.43. The number of aromatic hydroxyl groups is 1. The highest BCUT2D eigenvalue weighted by Crippen LogP contribution is 2.46. The van der Waals surface area contributed by atoms with E-state index in [1.165, 1.54) is 0 Å². The molecular weight excluding hydrogens is 262 g/mol. The van der Waals surface area contributed by atoms with Crippen LogP contribution in [0.2, 0.25) is 0 Å². The molecule has 3 rings (SSSR count). The standard InChI is InChI=1S/C18H19NO2/c20-14-19(16-10-4-5-11-17(16)21)18(12-6-7-13-18)15-8-2-1-3-9-15/h1-5,8-11,14,21H,6-7,12-13H2. The van der Waals surface area contributed by atoms with E-state index in [9.17, 15) is 9.90 Å². The van der Waals surface area contributed by atoms with Crippen molar-refractivity contribution in [3.8, 4) is 5.75 Å². The number of para-hydroxylation sites is 2. The fourth-order valence-electron chi connectivity index (χ4n) is 3.43. The van der Waals surface area contributed by atoms with E-state index in [-0.39, 0.29) is 11.3 Å². The zero-order valence-electron chi connectivity index (χ0n) is 11.9. The van der Waals surface area contributed by atoms with Crippen LogP contribution < -0.4 is 4.90 Å². The van der Waals surface area contributed by atoms with Gasteiger partial charge in [-0.2, -0.15) is 0 Å². The molecule has 1 saturated carbocycles. The van der Waals surface area contributed by atoms with Gasteiger partial charge in [0.15, 0.2) is 0 Å². The number of hydrogen-bond donors (Lipinski definition) is 1. The van der Waals surface area contributed by atoms with E-state index in [2.05, 4.69) is 12.1 Å². The third-order valence-corrected chi connectivity index (χ3v) is 4.45. The Balaban J connectivity index is 2.12. The van der Waals surface area contributed by atoms with Crippen LogP contribution in [0, 0.1) is 0 Å². The summed E-state index contributed by atoms with van der Waals surface area (Å²) in [4.78, 5) is 13.6. The number of carbonyl (C=O) groups excluding carboxylic acids is 1. The Morgan fingerprint density at radius 3 is 2.19 bits per heavy atom. The number of benzene rings is 2. The van der Waals surface area contributed by atoms with Gasteiger partial charge in [-0.25, -0.2) is 0 Å². The molecule has 1 aliphatic carbocycles. The lowest BCUT2D eigenvalue weighted by Gasteiger charge is -2.39. The van der Waals surface area contributed by atoms with Crippen molar-refractivity contribution in [1.29, 1.82) is 0 Å². The fraction of sp³-hybridized carbons (Fsp3) is 0.278. The maximum atomic E-state index is 11.8. The SMILES string of the molecule is O=CN(c1ccccc1O)C1(c2ccccc2)CCCC1. The molecule has 1 amide bonds. The second-order valence-corrected chi connectivity index (χ2v) is 5.57. The second-order valence-electron chi connectivity index (χ2n) is 5.57. The van der Waals surface area contributed by atoms with Crippen molar-refractivity contribution in [1.82, 2.24) is 0 Å². The Morgan fingerprint density at radius 2 is 1.57 bits per heavy atom. The normalized spacial score (nSPS) is 16.6. The van der Waals surface area contributed by atoms with Crippen LogP contribution in [0.3, 0.4) is 0 Å². The predicted molar refractivity (Wildman–Crippen MR) is 83.2 cm³/mol. The largest absolute Gasteiger partial charge is 0.506 e. The van der Waals surface area contributed by atoms with Crippen molar-refractivity contribution >= 4 is 12.1 Å². The van der Waals surface area contributed by atoms with Crippen LogP contribution >= 0.6 is 0 Å². The van der Waals surface area contributed by atoms with Crippen LogP contribution in [0.4, 0.5) is 5.69 Å². The molecule has 2 aromatic rings. The molecule has 0 bridgehead atoms. The van der Waals surface area contributed by atoms with E-state index in [1.54, 1.807) is 23.1 Å². The summed E-state index contributed by atoms with van der Waals surface area (Å²) in [6.07, 6.45) is 4.88. The minimum absolute atomic E-state index is 0.145. The van der Waals surface area contributed by atoms with Gasteiger partial charge in [0, 0.05) is 0 Å². The Kier molecular flexibility index (Phi) is 3.65. The minimum Gasteiger partial charge on any atom is -0.506 e. The summed E-state index contributed by atoms with van der Waals surface area (Å²) in [5.41, 5.74) is 1.37. The van der Waals surface area contributed by atoms with Gasteiger partial charge < -0.3 is 10.0 Å². The fourth-order valence-corrected chi connectivity index (χ4v) is 3.43. The Hall–Kier alpha value is -2.29. The summed E-state index contributed by atoms with van der Waals surface area (Å²) in [7, 11) is 0. The average molecular weight is 281 g/mol. The van der Waals surface area contributed by atoms with Gasteiger partial charge in [-0.05, 0) is 30.5 Å². The van der Waals surface area contributed by atoms with E-state index in [4.69, 9.17) is 0 Å². The summed E-state index contributed by atoms with van der Waals surface area (Å²) in [6, 6.07) is 17.2. The first-order valence-corrected chi connectivity index (χ1v) is 7.36. The molecule has 0 atom stereocenters. The summed E-state index contributed by atoms with van der Waals surface area (Å²) in [5, 5.41) is 10.1. The van der Waals surface area contributed by atoms with Crippen LogP contribution in [-0.4, -0.2) is 11.5 Å². The zero-order valence-corrected chi connectivity index (χ0v) is 11.9. The molecule has 1 aliphatic rings. The van der Waals surface area contributed by atoms with Gasteiger partial charge in [-0.1, -0.05) is 55.3 Å². The number of phenolic OH excluding ortho intramolecular Hbond substituents is 1. The first-order valence-electron chi connectivity index (χ1n) is 7.36. The van der Waals surface area contributed by atoms with E-state index in [1.807, 2.05) is 24.3 Å². The molecule has 0 radical (unpaired) electrons. The number of amides is 1. The highest BCUT2D eigenvalue weighted by atomic mass is 16.3. The van der Waals surface area contributed by atoms with Crippen molar-refractivity contribution in [3.05, 3.63) is 60.2 Å². The zero-order chi connectivity index (χ0) is 14.7. The number of carbonyl (C=O) groups is 1. The van der Waals surface area contributed by atoms with Gasteiger partial charge in [-0.3, -0.25) is 4.79 Å². The monoisotopic (exact) mass is 281 g/mol. The molecule has 0 saturated heterocycles. The number of phenols is 1. The van der Waals surface area contributed by atoms with Crippen molar-refractivity contribution < 1.29 is 9.90 Å². The van der Waals surface area contributed by atoms with Crippen LogP contribution in [0.5, 0.6) is 5.75 Å². The summed E-state index contributed by atoms with van der Waals surface area (Å²) >= 11 is 0. The third-order valence-electron chi connectivity index (χ3n) is 4.45. The quantitative estimate of drug-likeness (QED) is 0.865. The first-order chi connectivity index (χ1) is 10.3. The maximum Gasteiger partial charge on any atom is 0.215 e. The molecule has 1 N–H and O–H groups in total. The summed E-state index contributed by atoms with van der Waals surface area (Å²) < 4.78 is 0. The number of hydrogen-bond acceptors (Lipinski definition) is 2. The molecule has 0 aliphatic heterocycles. The van der Waals surface area contributed by atoms with Crippen molar-refractivity contribution in [2.75, 3.05) is 4.90 Å². The highest BCUT2D eigenvalue weighted by Gasteiger charge is 2.42. The molecule has 108 valence electrons. The Bertz CT molecular complexity index is 618. The molecule has 0 spiro atoms. The Labute approximate surface area is 124 Å². The van der Waals surface area contributed by atoms with Crippen LogP contribution in [0.25, 0.3) is 0 Å². The molecule has 3 heteroatoms. The van der Waals surface area contributed by atoms with Gasteiger partial charge in [-0.15, -0.1) is 0 Å². The number of anilines is 1. The minimum atomic E-state index is -0.345.